The van der Waals surface area contributed by atoms with Gasteiger partial charge in [0, 0.05) is 6.42 Å². The second-order valence-corrected chi connectivity index (χ2v) is 28.3. The molecule has 0 saturated carbocycles. The van der Waals surface area contributed by atoms with E-state index in [0.29, 0.717) is 70.9 Å². The van der Waals surface area contributed by atoms with Gasteiger partial charge in [-0.25, -0.2) is 0 Å². The maximum absolute atomic E-state index is 14.3. The third kappa shape index (κ3) is 33.2. The van der Waals surface area contributed by atoms with Crippen molar-refractivity contribution in [3.63, 3.8) is 0 Å². The number of carbonyl (C=O) groups is 11. The van der Waals surface area contributed by atoms with E-state index in [2.05, 4.69) is 65.4 Å². The molecule has 0 radical (unpaired) electrons. The van der Waals surface area contributed by atoms with Gasteiger partial charge in [-0.2, -0.15) is 0 Å². The zero-order valence-corrected chi connectivity index (χ0v) is 59.3. The van der Waals surface area contributed by atoms with Gasteiger partial charge in [-0.05, 0) is 182 Å². The Morgan fingerprint density at radius 2 is 0.707 bits per heavy atom. The molecule has 11 amide bonds. The van der Waals surface area contributed by atoms with Gasteiger partial charge in [0.05, 0.1) is 12.6 Å². The summed E-state index contributed by atoms with van der Waals surface area (Å²) in [5.41, 5.74) is 10.9. The van der Waals surface area contributed by atoms with Gasteiger partial charge in [-0.1, -0.05) is 94.4 Å². The molecule has 0 aliphatic carbocycles. The largest absolute Gasteiger partial charge is 0.394 e. The highest BCUT2D eigenvalue weighted by atomic mass is 16.3. The molecular formula is C66H126N14O12. The van der Waals surface area contributed by atoms with Crippen LogP contribution in [-0.4, -0.2) is 161 Å². The summed E-state index contributed by atoms with van der Waals surface area (Å²) >= 11 is 0. The van der Waals surface area contributed by atoms with E-state index in [4.69, 9.17) is 17.2 Å². The second kappa shape index (κ2) is 43.1. The number of hydrogen-bond acceptors (Lipinski definition) is 15. The van der Waals surface area contributed by atoms with Crippen LogP contribution in [0.3, 0.4) is 0 Å². The number of nitrogens with two attached hydrogens (primary N) is 3. The fourth-order valence-corrected chi connectivity index (χ4v) is 10.0. The maximum atomic E-state index is 14.3. The Morgan fingerprint density at radius 1 is 0.370 bits per heavy atom. The summed E-state index contributed by atoms with van der Waals surface area (Å²) in [6.45, 7) is 29.4. The van der Waals surface area contributed by atoms with E-state index in [-0.39, 0.29) is 81.3 Å². The van der Waals surface area contributed by atoms with E-state index in [9.17, 15) is 57.8 Å². The number of nitrogens with one attached hydrogen (secondary N) is 11. The molecule has 0 spiro atoms. The quantitative estimate of drug-likeness (QED) is 0.0390. The SMILES string of the molecule is CCCCCCCC(=O)NC(C)(C)C(=O)N[C@@H](CCCCN)C(=O)N[C@@H](CC(C)C)C(=O)NC(C)(C)C(=O)N[C@@H](CCCCN)C(=O)NC(C)(C)C(=O)N[C@@H](CC(C)C)C(=O)NC(C)(C)C(=O)N[C@@H](CCCCN)C(=O)N[C@H](C(=O)N[C@H](CO)CC(C)C)[C@@H](C)CC. The van der Waals surface area contributed by atoms with Crippen molar-refractivity contribution in [1.82, 2.24) is 58.5 Å². The second-order valence-electron chi connectivity index (χ2n) is 28.3. The van der Waals surface area contributed by atoms with Gasteiger partial charge in [0.15, 0.2) is 0 Å². The minimum absolute atomic E-state index is 0.0711. The van der Waals surface area contributed by atoms with Crippen LogP contribution in [0.15, 0.2) is 0 Å². The van der Waals surface area contributed by atoms with Gasteiger partial charge in [0.1, 0.15) is 58.4 Å². The van der Waals surface area contributed by atoms with Crippen LogP contribution in [0.25, 0.3) is 0 Å². The Bertz CT molecular complexity index is 2330. The van der Waals surface area contributed by atoms with Crippen molar-refractivity contribution < 1.29 is 57.8 Å². The van der Waals surface area contributed by atoms with Crippen LogP contribution in [0.4, 0.5) is 0 Å². The standard InChI is InChI=1S/C66H126N14O12/c1-18-20-21-22-23-33-51(82)77-63(10,11)59(89)72-46(30-24-27-34-67)53(83)71-49(38-42(5)6)56(86)79-65(14,15)61(91)74-48(32-26-29-36-69)55(85)78-66(16,17)62(92)75-50(39-43(7)8)57(87)80-64(12,13)60(90)73-47(31-25-28-35-68)54(84)76-52(44(9)19-2)58(88)70-45(40-81)37-41(3)4/h41-50,52,81H,18-40,67-69H2,1-17H3,(H,70,88)(H,71,83)(H,72,89)(H,73,90)(H,74,91)(H,75,92)(H,76,84)(H,77,82)(H,78,85)(H,79,86)(H,80,87)/t44-,45-,46-,47-,48-,49-,50-,52-/m0/s1. The van der Waals surface area contributed by atoms with E-state index in [1.165, 1.54) is 41.5 Å². The molecule has 26 heteroatoms. The lowest BCUT2D eigenvalue weighted by Crippen LogP contribution is -2.65. The summed E-state index contributed by atoms with van der Waals surface area (Å²) in [5, 5.41) is 40.4. The molecule has 532 valence electrons. The van der Waals surface area contributed by atoms with Gasteiger partial charge in [0.2, 0.25) is 65.0 Å². The number of amides is 11. The Balaban J connectivity index is 6.56. The Labute approximate surface area is 550 Å². The molecule has 18 N–H and O–H groups in total. The Kier molecular flexibility index (Phi) is 40.3. The first-order chi connectivity index (χ1) is 42.8. The summed E-state index contributed by atoms with van der Waals surface area (Å²) in [7, 11) is 0. The third-order valence-corrected chi connectivity index (χ3v) is 16.0. The van der Waals surface area contributed by atoms with Crippen LogP contribution in [-0.2, 0) is 52.7 Å². The zero-order valence-electron chi connectivity index (χ0n) is 59.3. The Hall–Kier alpha value is -5.99. The van der Waals surface area contributed by atoms with Crippen LogP contribution in [0.1, 0.15) is 240 Å². The zero-order chi connectivity index (χ0) is 70.7. The molecule has 0 aromatic heterocycles. The predicted molar refractivity (Wildman–Crippen MR) is 359 cm³/mol. The summed E-state index contributed by atoms with van der Waals surface area (Å²) in [4.78, 5) is 154. The van der Waals surface area contributed by atoms with Gasteiger partial charge in [0.25, 0.3) is 0 Å². The van der Waals surface area contributed by atoms with Gasteiger partial charge in [-0.3, -0.25) is 52.7 Å². The molecule has 0 aliphatic heterocycles. The fourth-order valence-electron chi connectivity index (χ4n) is 10.0. The van der Waals surface area contributed by atoms with E-state index < -0.39 is 124 Å². The molecule has 26 nitrogen and oxygen atoms in total. The molecule has 0 fully saturated rings. The average molecular weight is 1310 g/mol. The molecule has 0 aromatic rings. The van der Waals surface area contributed by atoms with Crippen LogP contribution in [0, 0.1) is 23.7 Å². The monoisotopic (exact) mass is 1310 g/mol. The smallest absolute Gasteiger partial charge is 0.245 e. The molecule has 92 heavy (non-hydrogen) atoms. The summed E-state index contributed by atoms with van der Waals surface area (Å²) < 4.78 is 0. The first-order valence-electron chi connectivity index (χ1n) is 33.9. The van der Waals surface area contributed by atoms with Crippen LogP contribution < -0.4 is 75.7 Å². The molecular weight excluding hydrogens is 1180 g/mol. The van der Waals surface area contributed by atoms with Crippen molar-refractivity contribution in [1.29, 1.82) is 0 Å². The normalized spacial score (nSPS) is 14.7. The molecule has 8 atom stereocenters. The van der Waals surface area contributed by atoms with Crippen LogP contribution in [0.5, 0.6) is 0 Å². The molecule has 0 heterocycles. The number of hydrogen-bond donors (Lipinski definition) is 15. The average Bonchev–Trinajstić information content (AvgIpc) is 0.868. The van der Waals surface area contributed by atoms with E-state index >= 15 is 0 Å². The van der Waals surface area contributed by atoms with Crippen LogP contribution in [0.2, 0.25) is 0 Å². The number of aliphatic hydroxyl groups is 1. The van der Waals surface area contributed by atoms with E-state index in [1.54, 1.807) is 13.8 Å². The first kappa shape index (κ1) is 86.0. The van der Waals surface area contributed by atoms with Crippen molar-refractivity contribution in [3.8, 4) is 0 Å². The molecule has 0 bridgehead atoms. The van der Waals surface area contributed by atoms with Crippen LogP contribution >= 0.6 is 0 Å². The van der Waals surface area contributed by atoms with Crippen molar-refractivity contribution in [3.05, 3.63) is 0 Å². The highest BCUT2D eigenvalue weighted by Gasteiger charge is 2.42. The van der Waals surface area contributed by atoms with Crippen molar-refractivity contribution in [2.45, 2.75) is 304 Å². The molecule has 0 saturated heterocycles. The number of unbranched alkanes of at least 4 members (excludes halogenated alkanes) is 7. The van der Waals surface area contributed by atoms with E-state index in [0.717, 1.165) is 25.7 Å². The van der Waals surface area contributed by atoms with Crippen molar-refractivity contribution in [2.24, 2.45) is 40.9 Å². The maximum Gasteiger partial charge on any atom is 0.245 e. The summed E-state index contributed by atoms with van der Waals surface area (Å²) in [6.07, 6.45) is 9.50. The lowest BCUT2D eigenvalue weighted by Gasteiger charge is -2.34. The number of aliphatic hydroxyl groups excluding tert-OH is 1. The molecule has 0 aromatic carbocycles. The van der Waals surface area contributed by atoms with Crippen molar-refractivity contribution >= 4 is 65.0 Å². The predicted octanol–water partition coefficient (Wildman–Crippen LogP) is 2.88. The molecule has 0 aliphatic rings. The van der Waals surface area contributed by atoms with Gasteiger partial charge >= 0.3 is 0 Å². The lowest BCUT2D eigenvalue weighted by atomic mass is 9.95. The Morgan fingerprint density at radius 3 is 1.07 bits per heavy atom. The fraction of sp³-hybridized carbons (Fsp3) is 0.833. The highest BCUT2D eigenvalue weighted by Crippen LogP contribution is 2.18. The molecule has 0 unspecified atom stereocenters. The number of carbonyl (C=O) groups excluding carboxylic acids is 11. The van der Waals surface area contributed by atoms with Gasteiger partial charge < -0.3 is 80.8 Å². The van der Waals surface area contributed by atoms with E-state index in [1.807, 2.05) is 55.4 Å². The summed E-state index contributed by atoms with van der Waals surface area (Å²) in [6, 6.07) is -7.46. The minimum atomic E-state index is -1.72. The summed E-state index contributed by atoms with van der Waals surface area (Å²) in [5.74, 6) is -7.59. The minimum Gasteiger partial charge on any atom is -0.394 e. The molecule has 0 rings (SSSR count). The number of rotatable bonds is 48. The van der Waals surface area contributed by atoms with Gasteiger partial charge in [-0.15, -0.1) is 0 Å². The highest BCUT2D eigenvalue weighted by molar-refractivity contribution is 6.01. The third-order valence-electron chi connectivity index (χ3n) is 16.0. The topological polar surface area (TPSA) is 418 Å². The lowest BCUT2D eigenvalue weighted by molar-refractivity contribution is -0.139. The van der Waals surface area contributed by atoms with Crippen molar-refractivity contribution in [2.75, 3.05) is 26.2 Å². The first-order valence-corrected chi connectivity index (χ1v) is 33.9.